The predicted octanol–water partition coefficient (Wildman–Crippen LogP) is 2.93. The number of hydrogen-bond donors (Lipinski definition) is 2. The summed E-state index contributed by atoms with van der Waals surface area (Å²) in [4.78, 5) is 40.8. The Kier molecular flexibility index (Phi) is 7.42. The van der Waals surface area contributed by atoms with E-state index in [-0.39, 0.29) is 31.0 Å². The summed E-state index contributed by atoms with van der Waals surface area (Å²) in [5.41, 5.74) is 8.94. The van der Waals surface area contributed by atoms with Crippen LogP contribution in [0.15, 0.2) is 30.5 Å². The molecule has 9 nitrogen and oxygen atoms in total. The first-order valence-corrected chi connectivity index (χ1v) is 10.8. The van der Waals surface area contributed by atoms with Crippen LogP contribution in [-0.4, -0.2) is 49.9 Å². The summed E-state index contributed by atoms with van der Waals surface area (Å²) >= 11 is 0. The number of aryl methyl sites for hydroxylation is 2. The Labute approximate surface area is 199 Å². The molecule has 0 unspecified atom stereocenters. The topological polar surface area (TPSA) is 123 Å². The average Bonchev–Trinajstić information content (AvgIpc) is 3.20. The van der Waals surface area contributed by atoms with Gasteiger partial charge >= 0.3 is 12.1 Å². The number of fused-ring (bicyclic) bond motifs is 1. The van der Waals surface area contributed by atoms with Crippen molar-refractivity contribution in [1.29, 1.82) is 0 Å². The summed E-state index contributed by atoms with van der Waals surface area (Å²) in [5.74, 6) is -2.85. The molecule has 3 aromatic rings. The van der Waals surface area contributed by atoms with E-state index in [4.69, 9.17) is 5.73 Å². The van der Waals surface area contributed by atoms with Crippen LogP contribution in [0.25, 0.3) is 5.65 Å². The maximum atomic E-state index is 12.8. The average molecular weight is 490 g/mol. The summed E-state index contributed by atoms with van der Waals surface area (Å²) in [6, 6.07) is 6.32. The lowest BCUT2D eigenvalue weighted by atomic mass is 10.1. The molecule has 0 aliphatic heterocycles. The van der Waals surface area contributed by atoms with Gasteiger partial charge in [-0.05, 0) is 50.5 Å². The maximum Gasteiger partial charge on any atom is 0.471 e. The van der Waals surface area contributed by atoms with E-state index in [1.54, 1.807) is 32.0 Å². The Morgan fingerprint density at radius 1 is 1.20 bits per heavy atom. The number of aromatic nitrogens is 3. The highest BCUT2D eigenvalue weighted by Gasteiger charge is 2.41. The Morgan fingerprint density at radius 3 is 2.54 bits per heavy atom. The molecule has 0 fully saturated rings. The van der Waals surface area contributed by atoms with Crippen molar-refractivity contribution in [3.05, 3.63) is 58.5 Å². The summed E-state index contributed by atoms with van der Waals surface area (Å²) in [6.07, 6.45) is -3.14. The van der Waals surface area contributed by atoms with E-state index < -0.39 is 18.0 Å². The Morgan fingerprint density at radius 2 is 1.91 bits per heavy atom. The molecule has 0 spiro atoms. The van der Waals surface area contributed by atoms with Gasteiger partial charge in [-0.3, -0.25) is 14.4 Å². The molecular formula is C23H25F3N6O3. The molecule has 1 aromatic carbocycles. The van der Waals surface area contributed by atoms with E-state index in [1.165, 1.54) is 23.7 Å². The fraction of sp³-hybridized carbons (Fsp3) is 0.348. The molecular weight excluding hydrogens is 465 g/mol. The van der Waals surface area contributed by atoms with Crippen LogP contribution in [0, 0.1) is 13.8 Å². The highest BCUT2D eigenvalue weighted by atomic mass is 19.4. The van der Waals surface area contributed by atoms with Crippen molar-refractivity contribution in [3.63, 3.8) is 0 Å². The first-order chi connectivity index (χ1) is 16.4. The van der Waals surface area contributed by atoms with Crippen LogP contribution in [-0.2, 0) is 22.6 Å². The summed E-state index contributed by atoms with van der Waals surface area (Å²) in [7, 11) is 0. The smallest absolute Gasteiger partial charge is 0.365 e. The number of rotatable bonds is 8. The van der Waals surface area contributed by atoms with Gasteiger partial charge < -0.3 is 16.0 Å². The van der Waals surface area contributed by atoms with Crippen molar-refractivity contribution in [2.75, 3.05) is 11.9 Å². The number of carbonyl (C=O) groups excluding carboxylic acids is 3. The van der Waals surface area contributed by atoms with Gasteiger partial charge in [0.2, 0.25) is 5.91 Å². The summed E-state index contributed by atoms with van der Waals surface area (Å²) in [5, 5.41) is 6.89. The Hall–Kier alpha value is -3.96. The number of anilines is 1. The molecule has 0 radical (unpaired) electrons. The SMILES string of the molecule is CCN(Cc1cccc(NC(=O)CCc2c(C)nc3c(C(N)=O)cnn3c2C)c1)C(=O)C(F)(F)F. The quantitative estimate of drug-likeness (QED) is 0.503. The second-order valence-electron chi connectivity index (χ2n) is 7.98. The predicted molar refractivity (Wildman–Crippen MR) is 122 cm³/mol. The second kappa shape index (κ2) is 10.1. The molecule has 0 saturated carbocycles. The highest BCUT2D eigenvalue weighted by molar-refractivity contribution is 5.98. The van der Waals surface area contributed by atoms with Crippen molar-refractivity contribution in [2.24, 2.45) is 5.73 Å². The molecule has 0 saturated heterocycles. The molecule has 12 heteroatoms. The first-order valence-electron chi connectivity index (χ1n) is 10.8. The largest absolute Gasteiger partial charge is 0.471 e. The van der Waals surface area contributed by atoms with Crippen LogP contribution in [0.4, 0.5) is 18.9 Å². The van der Waals surface area contributed by atoms with Crippen molar-refractivity contribution in [1.82, 2.24) is 19.5 Å². The van der Waals surface area contributed by atoms with Crippen molar-refractivity contribution in [3.8, 4) is 0 Å². The molecule has 2 aromatic heterocycles. The molecule has 0 bridgehead atoms. The summed E-state index contributed by atoms with van der Waals surface area (Å²) < 4.78 is 39.8. The molecule has 3 rings (SSSR count). The standard InChI is InChI=1S/C23H25F3N6O3/c1-4-31(22(35)23(24,25)26)12-15-6-5-7-16(10-15)30-19(33)9-8-17-13(2)29-21-18(20(27)34)11-28-32(21)14(17)3/h5-7,10-11H,4,8-9,12H2,1-3H3,(H2,27,34)(H,30,33). The van der Waals surface area contributed by atoms with Crippen molar-refractivity contribution in [2.45, 2.75) is 46.3 Å². The van der Waals surface area contributed by atoms with E-state index in [0.717, 1.165) is 11.3 Å². The van der Waals surface area contributed by atoms with E-state index in [2.05, 4.69) is 15.4 Å². The third-order valence-corrected chi connectivity index (χ3v) is 5.57. The molecule has 186 valence electrons. The van der Waals surface area contributed by atoms with Crippen molar-refractivity contribution < 1.29 is 27.6 Å². The third kappa shape index (κ3) is 5.76. The minimum absolute atomic E-state index is 0.108. The number of benzene rings is 1. The fourth-order valence-electron chi connectivity index (χ4n) is 3.78. The highest BCUT2D eigenvalue weighted by Crippen LogP contribution is 2.22. The van der Waals surface area contributed by atoms with Gasteiger partial charge in [0.25, 0.3) is 5.91 Å². The Bertz CT molecular complexity index is 1290. The lowest BCUT2D eigenvalue weighted by Crippen LogP contribution is -2.40. The van der Waals surface area contributed by atoms with Crippen LogP contribution in [0.1, 0.15) is 46.2 Å². The van der Waals surface area contributed by atoms with Gasteiger partial charge in [0.15, 0.2) is 5.65 Å². The number of nitrogens with zero attached hydrogens (tertiary/aromatic N) is 4. The normalized spacial score (nSPS) is 11.5. The summed E-state index contributed by atoms with van der Waals surface area (Å²) in [6.45, 7) is 4.69. The number of carbonyl (C=O) groups is 3. The van der Waals surface area contributed by atoms with Crippen LogP contribution in [0.3, 0.4) is 0 Å². The minimum atomic E-state index is -4.95. The van der Waals surface area contributed by atoms with E-state index >= 15 is 0 Å². The molecule has 3 N–H and O–H groups in total. The minimum Gasteiger partial charge on any atom is -0.365 e. The zero-order valence-corrected chi connectivity index (χ0v) is 19.4. The van der Waals surface area contributed by atoms with Gasteiger partial charge in [-0.2, -0.15) is 18.3 Å². The third-order valence-electron chi connectivity index (χ3n) is 5.57. The number of nitrogens with one attached hydrogen (secondary N) is 1. The lowest BCUT2D eigenvalue weighted by molar-refractivity contribution is -0.185. The van der Waals surface area contributed by atoms with Crippen LogP contribution >= 0.6 is 0 Å². The van der Waals surface area contributed by atoms with E-state index in [1.807, 2.05) is 0 Å². The van der Waals surface area contributed by atoms with Crippen LogP contribution < -0.4 is 11.1 Å². The van der Waals surface area contributed by atoms with Gasteiger partial charge in [0, 0.05) is 36.6 Å². The Balaban J connectivity index is 1.68. The van der Waals surface area contributed by atoms with E-state index in [0.29, 0.717) is 33.9 Å². The van der Waals surface area contributed by atoms with Gasteiger partial charge in [-0.15, -0.1) is 0 Å². The number of halogens is 3. The number of primary amides is 1. The zero-order valence-electron chi connectivity index (χ0n) is 19.4. The number of hydrogen-bond acceptors (Lipinski definition) is 5. The maximum absolute atomic E-state index is 12.8. The molecule has 0 atom stereocenters. The molecule has 0 aliphatic rings. The van der Waals surface area contributed by atoms with Gasteiger partial charge in [0.1, 0.15) is 5.56 Å². The molecule has 35 heavy (non-hydrogen) atoms. The van der Waals surface area contributed by atoms with Crippen LogP contribution in [0.5, 0.6) is 0 Å². The first kappa shape index (κ1) is 25.7. The number of nitrogens with two attached hydrogens (primary N) is 1. The van der Waals surface area contributed by atoms with E-state index in [9.17, 15) is 27.6 Å². The molecule has 0 aliphatic carbocycles. The zero-order chi connectivity index (χ0) is 25.9. The van der Waals surface area contributed by atoms with Gasteiger partial charge in [-0.1, -0.05) is 12.1 Å². The van der Waals surface area contributed by atoms with Gasteiger partial charge in [-0.25, -0.2) is 9.50 Å². The monoisotopic (exact) mass is 490 g/mol. The molecule has 3 amide bonds. The van der Waals surface area contributed by atoms with Crippen molar-refractivity contribution >= 4 is 29.1 Å². The fourth-order valence-corrected chi connectivity index (χ4v) is 3.78. The number of alkyl halides is 3. The number of amides is 3. The second-order valence-corrected chi connectivity index (χ2v) is 7.98. The molecule has 2 heterocycles. The lowest BCUT2D eigenvalue weighted by Gasteiger charge is -2.22. The van der Waals surface area contributed by atoms with Crippen LogP contribution in [0.2, 0.25) is 0 Å². The van der Waals surface area contributed by atoms with Gasteiger partial charge in [0.05, 0.1) is 6.20 Å².